The van der Waals surface area contributed by atoms with Crippen molar-refractivity contribution in [1.29, 1.82) is 0 Å². The Kier molecular flexibility index (Phi) is 3.76. The first-order valence-electron chi connectivity index (χ1n) is 5.03. The first-order chi connectivity index (χ1) is 9.13. The highest BCUT2D eigenvalue weighted by atomic mass is 79.9. The second-order valence-corrected chi connectivity index (χ2v) is 4.25. The average Bonchev–Trinajstić information content (AvgIpc) is 2.82. The largest absolute Gasteiger partial charge is 0.409 e. The molecule has 0 aliphatic rings. The predicted molar refractivity (Wildman–Crippen MR) is 71.9 cm³/mol. The molecule has 0 atom stereocenters. The molecule has 0 radical (unpaired) electrons. The van der Waals surface area contributed by atoms with Gasteiger partial charge in [-0.05, 0) is 16.4 Å². The van der Waals surface area contributed by atoms with Crippen molar-refractivity contribution in [3.8, 4) is 0 Å². The number of benzene rings is 1. The summed E-state index contributed by atoms with van der Waals surface area (Å²) in [6.07, 6.45) is 0. The third-order valence-corrected chi connectivity index (χ3v) is 2.89. The molecule has 0 aliphatic carbocycles. The molecule has 0 unspecified atom stereocenters. The van der Waals surface area contributed by atoms with Gasteiger partial charge in [-0.2, -0.15) is 0 Å². The zero-order valence-electron chi connectivity index (χ0n) is 9.49. The second kappa shape index (κ2) is 5.48. The minimum Gasteiger partial charge on any atom is -0.409 e. The van der Waals surface area contributed by atoms with Crippen molar-refractivity contribution >= 4 is 33.4 Å². The molecule has 0 aliphatic heterocycles. The van der Waals surface area contributed by atoms with Crippen LogP contribution in [0.5, 0.6) is 0 Å². The third kappa shape index (κ3) is 2.71. The van der Waals surface area contributed by atoms with Crippen LogP contribution >= 0.6 is 15.9 Å². The summed E-state index contributed by atoms with van der Waals surface area (Å²) in [5, 5.41) is 18.8. The summed E-state index contributed by atoms with van der Waals surface area (Å²) in [6.45, 7) is 0. The van der Waals surface area contributed by atoms with E-state index in [-0.39, 0.29) is 23.2 Å². The zero-order chi connectivity index (χ0) is 13.8. The number of nitrogen functional groups attached to an aromatic ring is 1. The zero-order valence-corrected chi connectivity index (χ0v) is 11.1. The normalized spacial score (nSPS) is 12.7. The standard InChI is InChI=1S/C10H9BrN6O2/c11-6-4-2-1-3-5(6)8(12)14-10(15-18)7-9(13)17-19-16-7/h1-4,18H,(H2,13,17)(H2,12,14,15). The van der Waals surface area contributed by atoms with Crippen LogP contribution in [-0.4, -0.2) is 27.2 Å². The Morgan fingerprint density at radius 3 is 2.63 bits per heavy atom. The number of aliphatic imine (C=N–C) groups is 1. The molecular weight excluding hydrogens is 316 g/mol. The van der Waals surface area contributed by atoms with E-state index in [9.17, 15) is 0 Å². The smallest absolute Gasteiger partial charge is 0.226 e. The molecule has 98 valence electrons. The minimum absolute atomic E-state index is 0.0116. The van der Waals surface area contributed by atoms with Crippen molar-refractivity contribution < 1.29 is 9.84 Å². The molecule has 0 amide bonds. The third-order valence-electron chi connectivity index (χ3n) is 2.20. The Labute approximate surface area is 115 Å². The number of rotatable bonds is 2. The minimum atomic E-state index is -0.188. The molecule has 0 saturated heterocycles. The maximum Gasteiger partial charge on any atom is 0.226 e. The summed E-state index contributed by atoms with van der Waals surface area (Å²) < 4.78 is 5.15. The molecule has 2 aromatic rings. The second-order valence-electron chi connectivity index (χ2n) is 3.40. The van der Waals surface area contributed by atoms with Crippen molar-refractivity contribution in [3.05, 3.63) is 40.0 Å². The lowest BCUT2D eigenvalue weighted by atomic mass is 10.2. The van der Waals surface area contributed by atoms with Gasteiger partial charge in [-0.1, -0.05) is 39.3 Å². The van der Waals surface area contributed by atoms with Crippen LogP contribution in [0.25, 0.3) is 0 Å². The van der Waals surface area contributed by atoms with E-state index in [1.165, 1.54) is 0 Å². The summed E-state index contributed by atoms with van der Waals surface area (Å²) in [5.41, 5.74) is 12.0. The number of hydrogen-bond acceptors (Lipinski definition) is 6. The Bertz CT molecular complexity index is 651. The van der Waals surface area contributed by atoms with Crippen LogP contribution in [0.3, 0.4) is 0 Å². The van der Waals surface area contributed by atoms with Crippen molar-refractivity contribution in [1.82, 2.24) is 10.3 Å². The van der Waals surface area contributed by atoms with Crippen molar-refractivity contribution in [2.75, 3.05) is 5.73 Å². The predicted octanol–water partition coefficient (Wildman–Crippen LogP) is 0.956. The fourth-order valence-corrected chi connectivity index (χ4v) is 1.80. The Hall–Kier alpha value is -2.42. The maximum absolute atomic E-state index is 8.94. The fraction of sp³-hybridized carbons (Fsp3) is 0. The molecule has 0 bridgehead atoms. The Morgan fingerprint density at radius 1 is 1.32 bits per heavy atom. The van der Waals surface area contributed by atoms with Gasteiger partial charge in [0.2, 0.25) is 5.84 Å². The van der Waals surface area contributed by atoms with Gasteiger partial charge in [0.25, 0.3) is 0 Å². The highest BCUT2D eigenvalue weighted by Crippen LogP contribution is 2.16. The molecule has 9 heteroatoms. The molecule has 1 aromatic carbocycles. The van der Waals surface area contributed by atoms with Crippen molar-refractivity contribution in [2.24, 2.45) is 15.9 Å². The van der Waals surface area contributed by atoms with Crippen LogP contribution in [0.2, 0.25) is 0 Å². The molecule has 0 fully saturated rings. The van der Waals surface area contributed by atoms with Crippen LogP contribution in [0, 0.1) is 0 Å². The van der Waals surface area contributed by atoms with Crippen LogP contribution < -0.4 is 11.5 Å². The number of anilines is 1. The summed E-state index contributed by atoms with van der Waals surface area (Å²) in [7, 11) is 0. The highest BCUT2D eigenvalue weighted by Gasteiger charge is 2.15. The fourth-order valence-electron chi connectivity index (χ4n) is 1.32. The van der Waals surface area contributed by atoms with Gasteiger partial charge in [0.05, 0.1) is 0 Å². The van der Waals surface area contributed by atoms with Crippen molar-refractivity contribution in [2.45, 2.75) is 0 Å². The van der Waals surface area contributed by atoms with Crippen LogP contribution in [0.15, 0.2) is 43.5 Å². The summed E-state index contributed by atoms with van der Waals surface area (Å²) in [6, 6.07) is 7.19. The number of hydrogen-bond donors (Lipinski definition) is 3. The van der Waals surface area contributed by atoms with Gasteiger partial charge in [0.15, 0.2) is 11.5 Å². The lowest BCUT2D eigenvalue weighted by Crippen LogP contribution is -2.17. The van der Waals surface area contributed by atoms with E-state index in [1.807, 2.05) is 6.07 Å². The first kappa shape index (κ1) is 13.0. The van der Waals surface area contributed by atoms with Gasteiger partial charge in [-0.25, -0.2) is 9.62 Å². The van der Waals surface area contributed by atoms with Gasteiger partial charge >= 0.3 is 0 Å². The van der Waals surface area contributed by atoms with Gasteiger partial charge in [-0.15, -0.1) is 0 Å². The lowest BCUT2D eigenvalue weighted by Gasteiger charge is -2.03. The van der Waals surface area contributed by atoms with E-state index >= 15 is 0 Å². The van der Waals surface area contributed by atoms with E-state index in [4.69, 9.17) is 16.7 Å². The van der Waals surface area contributed by atoms with Crippen LogP contribution in [0.1, 0.15) is 11.3 Å². The number of halogens is 1. The summed E-state index contributed by atoms with van der Waals surface area (Å²) in [4.78, 5) is 3.95. The van der Waals surface area contributed by atoms with Gasteiger partial charge in [0, 0.05) is 10.0 Å². The first-order valence-corrected chi connectivity index (χ1v) is 5.82. The van der Waals surface area contributed by atoms with Gasteiger partial charge < -0.3 is 16.7 Å². The average molecular weight is 325 g/mol. The number of amidine groups is 2. The molecular formula is C10H9BrN6O2. The summed E-state index contributed by atoms with van der Waals surface area (Å²) in [5.74, 6) is -0.105. The van der Waals surface area contributed by atoms with E-state index in [2.05, 4.69) is 41.0 Å². The van der Waals surface area contributed by atoms with Crippen molar-refractivity contribution in [3.63, 3.8) is 0 Å². The molecule has 8 nitrogen and oxygen atoms in total. The highest BCUT2D eigenvalue weighted by molar-refractivity contribution is 9.10. The lowest BCUT2D eigenvalue weighted by molar-refractivity contribution is 0.305. The number of aromatic nitrogens is 2. The van der Waals surface area contributed by atoms with E-state index in [0.29, 0.717) is 5.56 Å². The van der Waals surface area contributed by atoms with Gasteiger partial charge in [0.1, 0.15) is 5.84 Å². The van der Waals surface area contributed by atoms with Gasteiger partial charge in [-0.3, -0.25) is 0 Å². The number of nitrogens with zero attached hydrogens (tertiary/aromatic N) is 4. The molecule has 0 spiro atoms. The Balaban J connectivity index is 2.40. The molecule has 0 saturated carbocycles. The topological polar surface area (TPSA) is 136 Å². The number of oxime groups is 1. The quantitative estimate of drug-likeness (QED) is 0.325. The van der Waals surface area contributed by atoms with Crippen LogP contribution in [0.4, 0.5) is 5.82 Å². The SMILES string of the molecule is NC(=N/C(=N/O)c1nonc1N)c1ccccc1Br. The molecule has 19 heavy (non-hydrogen) atoms. The molecule has 1 aromatic heterocycles. The van der Waals surface area contributed by atoms with E-state index < -0.39 is 0 Å². The van der Waals surface area contributed by atoms with E-state index in [1.54, 1.807) is 18.2 Å². The van der Waals surface area contributed by atoms with E-state index in [0.717, 1.165) is 4.47 Å². The van der Waals surface area contributed by atoms with Crippen LogP contribution in [-0.2, 0) is 0 Å². The summed E-state index contributed by atoms with van der Waals surface area (Å²) >= 11 is 3.34. The number of nitrogens with two attached hydrogens (primary N) is 2. The molecule has 1 heterocycles. The monoisotopic (exact) mass is 324 g/mol. The molecule has 5 N–H and O–H groups in total. The maximum atomic E-state index is 8.94. The Morgan fingerprint density at radius 2 is 2.05 bits per heavy atom. The molecule has 2 rings (SSSR count).